The lowest BCUT2D eigenvalue weighted by atomic mass is 10.1. The van der Waals surface area contributed by atoms with Gasteiger partial charge in [-0.15, -0.1) is 0 Å². The molecule has 0 bridgehead atoms. The Morgan fingerprint density at radius 1 is 1.21 bits per heavy atom. The van der Waals surface area contributed by atoms with Crippen molar-refractivity contribution in [2.45, 2.75) is 33.2 Å². The SMILES string of the molecule is Cc1cc(C)cc(OCCCN2CC(C)C(N)C2)c1. The molecule has 0 radical (unpaired) electrons. The number of likely N-dealkylation sites (tertiary alicyclic amines) is 1. The van der Waals surface area contributed by atoms with E-state index in [1.807, 2.05) is 0 Å². The number of nitrogens with zero attached hydrogens (tertiary/aromatic N) is 1. The molecule has 1 saturated heterocycles. The van der Waals surface area contributed by atoms with Gasteiger partial charge in [0.05, 0.1) is 6.61 Å². The fraction of sp³-hybridized carbons (Fsp3) is 0.625. The molecule has 0 amide bonds. The van der Waals surface area contributed by atoms with Gasteiger partial charge in [0.2, 0.25) is 0 Å². The van der Waals surface area contributed by atoms with E-state index in [4.69, 9.17) is 10.5 Å². The standard InChI is InChI=1S/C16H26N2O/c1-12-7-13(2)9-15(8-12)19-6-4-5-18-10-14(3)16(17)11-18/h7-9,14,16H,4-6,10-11,17H2,1-3H3. The number of benzene rings is 1. The lowest BCUT2D eigenvalue weighted by Gasteiger charge is -2.15. The maximum atomic E-state index is 6.02. The highest BCUT2D eigenvalue weighted by Gasteiger charge is 2.25. The first-order chi connectivity index (χ1) is 9.04. The topological polar surface area (TPSA) is 38.5 Å². The van der Waals surface area contributed by atoms with Crippen molar-refractivity contribution in [3.63, 3.8) is 0 Å². The van der Waals surface area contributed by atoms with Gasteiger partial charge in [0, 0.05) is 25.7 Å². The van der Waals surface area contributed by atoms with Crippen LogP contribution in [0.3, 0.4) is 0 Å². The Kier molecular flexibility index (Phi) is 4.83. The molecule has 1 aromatic carbocycles. The van der Waals surface area contributed by atoms with Crippen LogP contribution in [0, 0.1) is 19.8 Å². The van der Waals surface area contributed by atoms with Crippen LogP contribution in [0.1, 0.15) is 24.5 Å². The third-order valence-electron chi connectivity index (χ3n) is 3.83. The average Bonchev–Trinajstić information content (AvgIpc) is 2.63. The van der Waals surface area contributed by atoms with Gasteiger partial charge in [-0.05, 0) is 49.4 Å². The Morgan fingerprint density at radius 2 is 1.89 bits per heavy atom. The molecule has 2 atom stereocenters. The molecule has 1 aliphatic rings. The molecule has 1 heterocycles. The lowest BCUT2D eigenvalue weighted by molar-refractivity contribution is 0.259. The summed E-state index contributed by atoms with van der Waals surface area (Å²) in [6.07, 6.45) is 1.06. The van der Waals surface area contributed by atoms with Crippen LogP contribution in [0.15, 0.2) is 18.2 Å². The second kappa shape index (κ2) is 6.40. The first kappa shape index (κ1) is 14.4. The predicted molar refractivity (Wildman–Crippen MR) is 79.6 cm³/mol. The second-order valence-electron chi connectivity index (χ2n) is 5.93. The minimum atomic E-state index is 0.348. The Balaban J connectivity index is 1.69. The molecule has 0 spiro atoms. The molecule has 106 valence electrons. The van der Waals surface area contributed by atoms with Crippen LogP contribution in [-0.4, -0.2) is 37.2 Å². The van der Waals surface area contributed by atoms with Crippen molar-refractivity contribution in [2.75, 3.05) is 26.2 Å². The van der Waals surface area contributed by atoms with E-state index in [2.05, 4.69) is 43.9 Å². The molecule has 19 heavy (non-hydrogen) atoms. The van der Waals surface area contributed by atoms with Gasteiger partial charge < -0.3 is 15.4 Å². The fourth-order valence-electron chi connectivity index (χ4n) is 2.77. The van der Waals surface area contributed by atoms with E-state index in [-0.39, 0.29) is 0 Å². The van der Waals surface area contributed by atoms with Gasteiger partial charge in [0.15, 0.2) is 0 Å². The summed E-state index contributed by atoms with van der Waals surface area (Å²) in [6, 6.07) is 6.71. The van der Waals surface area contributed by atoms with Gasteiger partial charge in [0.1, 0.15) is 5.75 Å². The highest BCUT2D eigenvalue weighted by molar-refractivity contribution is 5.32. The van der Waals surface area contributed by atoms with Gasteiger partial charge in [-0.2, -0.15) is 0 Å². The maximum Gasteiger partial charge on any atom is 0.119 e. The molecule has 2 N–H and O–H groups in total. The number of rotatable bonds is 5. The number of hydrogen-bond acceptors (Lipinski definition) is 3. The molecule has 2 unspecified atom stereocenters. The summed E-state index contributed by atoms with van der Waals surface area (Å²) in [5, 5.41) is 0. The van der Waals surface area contributed by atoms with Crippen LogP contribution in [-0.2, 0) is 0 Å². The number of nitrogens with two attached hydrogens (primary N) is 1. The fourth-order valence-corrected chi connectivity index (χ4v) is 2.77. The average molecular weight is 262 g/mol. The van der Waals surface area contributed by atoms with E-state index in [0.29, 0.717) is 12.0 Å². The summed E-state index contributed by atoms with van der Waals surface area (Å²) in [4.78, 5) is 2.44. The largest absolute Gasteiger partial charge is 0.494 e. The molecule has 0 saturated carbocycles. The van der Waals surface area contributed by atoms with Gasteiger partial charge in [-0.3, -0.25) is 0 Å². The van der Waals surface area contributed by atoms with Gasteiger partial charge >= 0.3 is 0 Å². The summed E-state index contributed by atoms with van der Waals surface area (Å²) < 4.78 is 5.82. The lowest BCUT2D eigenvalue weighted by Crippen LogP contribution is -2.29. The molecule has 1 aromatic rings. The Bertz CT molecular complexity index is 389. The van der Waals surface area contributed by atoms with Gasteiger partial charge in [-0.1, -0.05) is 13.0 Å². The maximum absolute atomic E-state index is 6.02. The van der Waals surface area contributed by atoms with Crippen LogP contribution in [0.2, 0.25) is 0 Å². The molecule has 3 heteroatoms. The van der Waals surface area contributed by atoms with E-state index in [1.165, 1.54) is 11.1 Å². The minimum Gasteiger partial charge on any atom is -0.494 e. The highest BCUT2D eigenvalue weighted by atomic mass is 16.5. The smallest absolute Gasteiger partial charge is 0.119 e. The normalized spacial score (nSPS) is 23.8. The van der Waals surface area contributed by atoms with Crippen molar-refractivity contribution in [3.8, 4) is 5.75 Å². The van der Waals surface area contributed by atoms with Gasteiger partial charge in [0.25, 0.3) is 0 Å². The van der Waals surface area contributed by atoms with Crippen molar-refractivity contribution in [2.24, 2.45) is 11.7 Å². The van der Waals surface area contributed by atoms with Crippen LogP contribution in [0.25, 0.3) is 0 Å². The van der Waals surface area contributed by atoms with Crippen LogP contribution < -0.4 is 10.5 Å². The van der Waals surface area contributed by atoms with Crippen molar-refractivity contribution in [3.05, 3.63) is 29.3 Å². The third kappa shape index (κ3) is 4.22. The van der Waals surface area contributed by atoms with Crippen molar-refractivity contribution < 1.29 is 4.74 Å². The van der Waals surface area contributed by atoms with E-state index < -0.39 is 0 Å². The second-order valence-corrected chi connectivity index (χ2v) is 5.93. The molecule has 2 rings (SSSR count). The van der Waals surface area contributed by atoms with Crippen LogP contribution >= 0.6 is 0 Å². The predicted octanol–water partition coefficient (Wildman–Crippen LogP) is 2.35. The zero-order valence-electron chi connectivity index (χ0n) is 12.4. The van der Waals surface area contributed by atoms with E-state index in [9.17, 15) is 0 Å². The molecule has 1 fully saturated rings. The quantitative estimate of drug-likeness (QED) is 0.828. The van der Waals surface area contributed by atoms with Crippen molar-refractivity contribution >= 4 is 0 Å². The summed E-state index contributed by atoms with van der Waals surface area (Å²) in [6.45, 7) is 10.5. The van der Waals surface area contributed by atoms with Gasteiger partial charge in [-0.25, -0.2) is 0 Å². The van der Waals surface area contributed by atoms with E-state index >= 15 is 0 Å². The first-order valence-electron chi connectivity index (χ1n) is 7.23. The summed E-state index contributed by atoms with van der Waals surface area (Å²) in [5.74, 6) is 1.62. The number of hydrogen-bond donors (Lipinski definition) is 1. The molecular weight excluding hydrogens is 236 g/mol. The molecule has 0 aliphatic carbocycles. The molecular formula is C16H26N2O. The third-order valence-corrected chi connectivity index (χ3v) is 3.83. The number of ether oxygens (including phenoxy) is 1. The first-order valence-corrected chi connectivity index (χ1v) is 7.23. The van der Waals surface area contributed by atoms with E-state index in [1.54, 1.807) is 0 Å². The van der Waals surface area contributed by atoms with Crippen molar-refractivity contribution in [1.82, 2.24) is 4.90 Å². The monoisotopic (exact) mass is 262 g/mol. The summed E-state index contributed by atoms with van der Waals surface area (Å²) >= 11 is 0. The Labute approximate surface area is 116 Å². The molecule has 1 aliphatic heterocycles. The molecule has 0 aromatic heterocycles. The summed E-state index contributed by atoms with van der Waals surface area (Å²) in [7, 11) is 0. The zero-order chi connectivity index (χ0) is 13.8. The zero-order valence-corrected chi connectivity index (χ0v) is 12.4. The number of aryl methyl sites for hydroxylation is 2. The molecule has 3 nitrogen and oxygen atoms in total. The van der Waals surface area contributed by atoms with Crippen molar-refractivity contribution in [1.29, 1.82) is 0 Å². The summed E-state index contributed by atoms with van der Waals surface area (Å²) in [5.41, 5.74) is 8.54. The Hall–Kier alpha value is -1.06. The minimum absolute atomic E-state index is 0.348. The Morgan fingerprint density at radius 3 is 2.47 bits per heavy atom. The highest BCUT2D eigenvalue weighted by Crippen LogP contribution is 2.17. The van der Waals surface area contributed by atoms with E-state index in [0.717, 1.165) is 38.4 Å². The van der Waals surface area contributed by atoms with Crippen LogP contribution in [0.4, 0.5) is 0 Å². The van der Waals surface area contributed by atoms with Crippen LogP contribution in [0.5, 0.6) is 5.75 Å².